The van der Waals surface area contributed by atoms with E-state index in [2.05, 4.69) is 25.8 Å². The van der Waals surface area contributed by atoms with Crippen LogP contribution in [0.5, 0.6) is 0 Å². The number of nitrogens with zero attached hydrogens (tertiary/aromatic N) is 1. The maximum absolute atomic E-state index is 2.48. The summed E-state index contributed by atoms with van der Waals surface area (Å²) in [5.41, 5.74) is 0. The SMILES string of the molecule is CC[C@@H]1CCCN(C)[C@H]1C. The third-order valence-corrected chi connectivity index (χ3v) is 2.99. The number of hydrogen-bond donors (Lipinski definition) is 0. The van der Waals surface area contributed by atoms with Gasteiger partial charge in [0.1, 0.15) is 0 Å². The van der Waals surface area contributed by atoms with Gasteiger partial charge >= 0.3 is 0 Å². The van der Waals surface area contributed by atoms with Gasteiger partial charge in [0.05, 0.1) is 0 Å². The van der Waals surface area contributed by atoms with Crippen molar-refractivity contribution < 1.29 is 0 Å². The Kier molecular flexibility index (Phi) is 2.72. The van der Waals surface area contributed by atoms with Crippen molar-refractivity contribution in [1.29, 1.82) is 0 Å². The summed E-state index contributed by atoms with van der Waals surface area (Å²) < 4.78 is 0. The summed E-state index contributed by atoms with van der Waals surface area (Å²) >= 11 is 0. The van der Waals surface area contributed by atoms with Crippen LogP contribution in [0, 0.1) is 5.92 Å². The van der Waals surface area contributed by atoms with Crippen molar-refractivity contribution in [2.75, 3.05) is 13.6 Å². The Morgan fingerprint density at radius 1 is 1.50 bits per heavy atom. The number of rotatable bonds is 1. The second kappa shape index (κ2) is 3.38. The maximum atomic E-state index is 2.48. The highest BCUT2D eigenvalue weighted by Gasteiger charge is 2.23. The molecular weight excluding hydrogens is 122 g/mol. The molecule has 0 aromatic rings. The third-order valence-electron chi connectivity index (χ3n) is 2.99. The van der Waals surface area contributed by atoms with Crippen molar-refractivity contribution in [3.05, 3.63) is 0 Å². The molecule has 0 unspecified atom stereocenters. The predicted molar refractivity (Wildman–Crippen MR) is 45.1 cm³/mol. The molecule has 1 rings (SSSR count). The Bertz CT molecular complexity index is 101. The number of hydrogen-bond acceptors (Lipinski definition) is 1. The molecule has 1 saturated heterocycles. The molecule has 0 saturated carbocycles. The van der Waals surface area contributed by atoms with Crippen molar-refractivity contribution in [2.24, 2.45) is 5.92 Å². The topological polar surface area (TPSA) is 3.24 Å². The van der Waals surface area contributed by atoms with E-state index < -0.39 is 0 Å². The zero-order chi connectivity index (χ0) is 7.56. The van der Waals surface area contributed by atoms with Gasteiger partial charge in [-0.15, -0.1) is 0 Å². The second-order valence-corrected chi connectivity index (χ2v) is 3.53. The largest absolute Gasteiger partial charge is 0.303 e. The van der Waals surface area contributed by atoms with Gasteiger partial charge in [0.25, 0.3) is 0 Å². The highest BCUT2D eigenvalue weighted by atomic mass is 15.1. The Morgan fingerprint density at radius 2 is 2.20 bits per heavy atom. The third kappa shape index (κ3) is 1.51. The molecule has 1 fully saturated rings. The van der Waals surface area contributed by atoms with Crippen LogP contribution in [0.25, 0.3) is 0 Å². The van der Waals surface area contributed by atoms with Gasteiger partial charge in [0.15, 0.2) is 0 Å². The molecule has 0 amide bonds. The summed E-state index contributed by atoms with van der Waals surface area (Å²) in [6, 6.07) is 0.818. The van der Waals surface area contributed by atoms with Crippen LogP contribution in [0.15, 0.2) is 0 Å². The first kappa shape index (κ1) is 8.06. The first-order valence-corrected chi connectivity index (χ1v) is 4.46. The fourth-order valence-corrected chi connectivity index (χ4v) is 1.95. The van der Waals surface area contributed by atoms with Gasteiger partial charge in [0, 0.05) is 6.04 Å². The molecule has 2 atom stereocenters. The van der Waals surface area contributed by atoms with E-state index in [-0.39, 0.29) is 0 Å². The minimum absolute atomic E-state index is 0.818. The van der Waals surface area contributed by atoms with E-state index in [9.17, 15) is 0 Å². The molecule has 0 spiro atoms. The first-order valence-electron chi connectivity index (χ1n) is 4.46. The molecule has 60 valence electrons. The fourth-order valence-electron chi connectivity index (χ4n) is 1.95. The molecule has 0 radical (unpaired) electrons. The Morgan fingerprint density at radius 3 is 2.70 bits per heavy atom. The van der Waals surface area contributed by atoms with E-state index >= 15 is 0 Å². The number of piperidine rings is 1. The predicted octanol–water partition coefficient (Wildman–Crippen LogP) is 2.13. The van der Waals surface area contributed by atoms with Crippen LogP contribution in [0.2, 0.25) is 0 Å². The zero-order valence-corrected chi connectivity index (χ0v) is 7.43. The lowest BCUT2D eigenvalue weighted by molar-refractivity contribution is 0.131. The van der Waals surface area contributed by atoms with Crippen LogP contribution < -0.4 is 0 Å². The molecule has 1 heterocycles. The van der Waals surface area contributed by atoms with Crippen LogP contribution >= 0.6 is 0 Å². The molecular formula is C9H19N. The summed E-state index contributed by atoms with van der Waals surface area (Å²) in [6.07, 6.45) is 4.20. The zero-order valence-electron chi connectivity index (χ0n) is 7.43. The lowest BCUT2D eigenvalue weighted by Gasteiger charge is -2.36. The quantitative estimate of drug-likeness (QED) is 0.540. The lowest BCUT2D eigenvalue weighted by atomic mass is 9.89. The van der Waals surface area contributed by atoms with Crippen LogP contribution in [0.4, 0.5) is 0 Å². The average molecular weight is 141 g/mol. The standard InChI is InChI=1S/C9H19N/c1-4-9-6-5-7-10(3)8(9)2/h8-9H,4-7H2,1-3H3/t8-,9+/m0/s1. The Hall–Kier alpha value is -0.0400. The molecule has 10 heavy (non-hydrogen) atoms. The van der Waals surface area contributed by atoms with Crippen LogP contribution in [0.3, 0.4) is 0 Å². The van der Waals surface area contributed by atoms with Crippen molar-refractivity contribution in [3.63, 3.8) is 0 Å². The summed E-state index contributed by atoms with van der Waals surface area (Å²) in [5, 5.41) is 0. The normalized spacial score (nSPS) is 36.3. The van der Waals surface area contributed by atoms with E-state index in [4.69, 9.17) is 0 Å². The highest BCUT2D eigenvalue weighted by Crippen LogP contribution is 2.24. The molecule has 0 aliphatic carbocycles. The summed E-state index contributed by atoms with van der Waals surface area (Å²) in [4.78, 5) is 2.48. The van der Waals surface area contributed by atoms with Crippen LogP contribution in [-0.4, -0.2) is 24.5 Å². The molecule has 1 heteroatoms. The summed E-state index contributed by atoms with van der Waals surface area (Å²) in [5.74, 6) is 0.957. The monoisotopic (exact) mass is 141 g/mol. The minimum atomic E-state index is 0.818. The highest BCUT2D eigenvalue weighted by molar-refractivity contribution is 4.77. The van der Waals surface area contributed by atoms with Crippen LogP contribution in [0.1, 0.15) is 33.1 Å². The smallest absolute Gasteiger partial charge is 0.00920 e. The van der Waals surface area contributed by atoms with E-state index in [0.29, 0.717) is 0 Å². The Labute approximate surface area is 64.4 Å². The molecule has 1 nitrogen and oxygen atoms in total. The van der Waals surface area contributed by atoms with Crippen molar-refractivity contribution in [1.82, 2.24) is 4.90 Å². The lowest BCUT2D eigenvalue weighted by Crippen LogP contribution is -2.40. The summed E-state index contributed by atoms with van der Waals surface area (Å²) in [6.45, 7) is 5.96. The molecule has 0 aromatic carbocycles. The summed E-state index contributed by atoms with van der Waals surface area (Å²) in [7, 11) is 2.24. The van der Waals surface area contributed by atoms with Gasteiger partial charge in [-0.1, -0.05) is 13.3 Å². The van der Waals surface area contributed by atoms with Crippen molar-refractivity contribution in [2.45, 2.75) is 39.2 Å². The number of likely N-dealkylation sites (tertiary alicyclic amines) is 1. The van der Waals surface area contributed by atoms with Gasteiger partial charge < -0.3 is 4.90 Å². The van der Waals surface area contributed by atoms with E-state index in [1.54, 1.807) is 0 Å². The van der Waals surface area contributed by atoms with Gasteiger partial charge in [0.2, 0.25) is 0 Å². The van der Waals surface area contributed by atoms with Crippen LogP contribution in [-0.2, 0) is 0 Å². The fraction of sp³-hybridized carbons (Fsp3) is 1.00. The molecule has 0 aromatic heterocycles. The molecule has 1 aliphatic rings. The van der Waals surface area contributed by atoms with Gasteiger partial charge in [-0.05, 0) is 39.3 Å². The van der Waals surface area contributed by atoms with E-state index in [0.717, 1.165) is 12.0 Å². The van der Waals surface area contributed by atoms with Gasteiger partial charge in [-0.3, -0.25) is 0 Å². The minimum Gasteiger partial charge on any atom is -0.303 e. The second-order valence-electron chi connectivity index (χ2n) is 3.53. The average Bonchev–Trinajstić information content (AvgIpc) is 1.95. The maximum Gasteiger partial charge on any atom is 0.00920 e. The molecule has 0 N–H and O–H groups in total. The molecule has 1 aliphatic heterocycles. The van der Waals surface area contributed by atoms with Gasteiger partial charge in [-0.2, -0.15) is 0 Å². The van der Waals surface area contributed by atoms with E-state index in [1.165, 1.54) is 25.8 Å². The first-order chi connectivity index (χ1) is 4.75. The Balaban J connectivity index is 2.42. The van der Waals surface area contributed by atoms with Crippen molar-refractivity contribution in [3.8, 4) is 0 Å². The van der Waals surface area contributed by atoms with Gasteiger partial charge in [-0.25, -0.2) is 0 Å². The van der Waals surface area contributed by atoms with Crippen molar-refractivity contribution >= 4 is 0 Å². The van der Waals surface area contributed by atoms with E-state index in [1.807, 2.05) is 0 Å². The molecule has 0 bridgehead atoms.